The van der Waals surface area contributed by atoms with Crippen molar-refractivity contribution in [2.24, 2.45) is 7.05 Å². The highest BCUT2D eigenvalue weighted by atomic mass is 16.5. The summed E-state index contributed by atoms with van der Waals surface area (Å²) in [5, 5.41) is 2.83. The number of aryl methyl sites for hydroxylation is 1. The van der Waals surface area contributed by atoms with E-state index in [1.807, 2.05) is 30.3 Å². The summed E-state index contributed by atoms with van der Waals surface area (Å²) in [6.07, 6.45) is 1.79. The number of nitrogens with one attached hydrogen (secondary N) is 1. The summed E-state index contributed by atoms with van der Waals surface area (Å²) in [5.41, 5.74) is 2.60. The van der Waals surface area contributed by atoms with Gasteiger partial charge in [-0.05, 0) is 42.0 Å². The highest BCUT2D eigenvalue weighted by Gasteiger charge is 2.11. The Bertz CT molecular complexity index is 867. The van der Waals surface area contributed by atoms with Crippen LogP contribution in [-0.2, 0) is 18.4 Å². The minimum absolute atomic E-state index is 0.157. The molecule has 0 saturated heterocycles. The third-order valence-electron chi connectivity index (χ3n) is 3.77. The molecular weight excluding hydrogens is 316 g/mol. The summed E-state index contributed by atoms with van der Waals surface area (Å²) >= 11 is 0. The molecule has 0 aliphatic heterocycles. The first-order valence-electron chi connectivity index (χ1n) is 7.87. The lowest BCUT2D eigenvalue weighted by molar-refractivity contribution is 0.0461. The van der Waals surface area contributed by atoms with Crippen LogP contribution in [0.5, 0.6) is 0 Å². The van der Waals surface area contributed by atoms with Crippen molar-refractivity contribution in [3.8, 4) is 0 Å². The van der Waals surface area contributed by atoms with Crippen LogP contribution < -0.4 is 5.32 Å². The van der Waals surface area contributed by atoms with Crippen LogP contribution in [-0.4, -0.2) is 16.4 Å². The number of esters is 1. The van der Waals surface area contributed by atoms with Gasteiger partial charge in [-0.2, -0.15) is 0 Å². The zero-order valence-corrected chi connectivity index (χ0v) is 13.8. The van der Waals surface area contributed by atoms with Crippen molar-refractivity contribution in [3.63, 3.8) is 0 Å². The molecule has 5 nitrogen and oxygen atoms in total. The first kappa shape index (κ1) is 16.5. The highest BCUT2D eigenvalue weighted by molar-refractivity contribution is 6.04. The van der Waals surface area contributed by atoms with E-state index >= 15 is 0 Å². The molecule has 0 bridgehead atoms. The molecule has 0 radical (unpaired) electrons. The number of hydrogen-bond donors (Lipinski definition) is 1. The van der Waals surface area contributed by atoms with Gasteiger partial charge in [0.2, 0.25) is 0 Å². The first-order chi connectivity index (χ1) is 12.1. The van der Waals surface area contributed by atoms with Gasteiger partial charge in [0.05, 0.1) is 0 Å². The van der Waals surface area contributed by atoms with Crippen molar-refractivity contribution in [2.45, 2.75) is 6.61 Å². The number of ether oxygens (including phenoxy) is 1. The molecule has 1 aromatic heterocycles. The fourth-order valence-corrected chi connectivity index (χ4v) is 2.37. The minimum Gasteiger partial charge on any atom is -0.456 e. The molecule has 0 spiro atoms. The molecule has 3 rings (SSSR count). The summed E-state index contributed by atoms with van der Waals surface area (Å²) in [4.78, 5) is 24.2. The Morgan fingerprint density at radius 1 is 0.960 bits per heavy atom. The number of aromatic nitrogens is 1. The topological polar surface area (TPSA) is 60.3 Å². The van der Waals surface area contributed by atoms with Crippen LogP contribution in [0.4, 0.5) is 5.69 Å². The number of benzene rings is 2. The molecule has 0 unspecified atom stereocenters. The molecule has 3 aromatic rings. The lowest BCUT2D eigenvalue weighted by Gasteiger charge is -2.08. The number of anilines is 1. The van der Waals surface area contributed by atoms with Gasteiger partial charge < -0.3 is 14.6 Å². The lowest BCUT2D eigenvalue weighted by Crippen LogP contribution is -2.12. The molecular formula is C20H18N2O3. The molecule has 126 valence electrons. The molecule has 1 heterocycles. The molecule has 1 amide bonds. The van der Waals surface area contributed by atoms with E-state index in [2.05, 4.69) is 5.32 Å². The van der Waals surface area contributed by atoms with E-state index in [-0.39, 0.29) is 18.5 Å². The Kier molecular flexibility index (Phi) is 4.95. The molecule has 25 heavy (non-hydrogen) atoms. The summed E-state index contributed by atoms with van der Waals surface area (Å²) in [6, 6.07) is 19.7. The zero-order valence-electron chi connectivity index (χ0n) is 13.8. The average Bonchev–Trinajstić information content (AvgIpc) is 3.07. The smallest absolute Gasteiger partial charge is 0.355 e. The third-order valence-corrected chi connectivity index (χ3v) is 3.77. The molecule has 0 atom stereocenters. The van der Waals surface area contributed by atoms with Gasteiger partial charge in [0.25, 0.3) is 5.91 Å². The molecule has 0 aliphatic rings. The third kappa shape index (κ3) is 4.14. The van der Waals surface area contributed by atoms with Gasteiger partial charge in [-0.3, -0.25) is 4.79 Å². The van der Waals surface area contributed by atoms with Crippen LogP contribution >= 0.6 is 0 Å². The molecule has 0 saturated carbocycles. The first-order valence-corrected chi connectivity index (χ1v) is 7.87. The fourth-order valence-electron chi connectivity index (χ4n) is 2.37. The van der Waals surface area contributed by atoms with E-state index in [1.165, 1.54) is 0 Å². The normalized spacial score (nSPS) is 10.3. The SMILES string of the molecule is Cn1cccc1C(=O)OCc1ccc(C(=O)Nc2ccccc2)cc1. The van der Waals surface area contributed by atoms with Crippen LogP contribution in [0.25, 0.3) is 0 Å². The Balaban J connectivity index is 1.58. The maximum absolute atomic E-state index is 12.2. The van der Waals surface area contributed by atoms with E-state index in [0.29, 0.717) is 11.3 Å². The van der Waals surface area contributed by atoms with Gasteiger partial charge in [-0.15, -0.1) is 0 Å². The van der Waals surface area contributed by atoms with Gasteiger partial charge >= 0.3 is 5.97 Å². The predicted octanol–water partition coefficient (Wildman–Crippen LogP) is 3.63. The van der Waals surface area contributed by atoms with Crippen molar-refractivity contribution >= 4 is 17.6 Å². The van der Waals surface area contributed by atoms with Crippen molar-refractivity contribution in [1.29, 1.82) is 0 Å². The zero-order chi connectivity index (χ0) is 17.6. The van der Waals surface area contributed by atoms with E-state index in [0.717, 1.165) is 11.3 Å². The largest absolute Gasteiger partial charge is 0.456 e. The second kappa shape index (κ2) is 7.49. The number of nitrogens with zero attached hydrogens (tertiary/aromatic N) is 1. The summed E-state index contributed by atoms with van der Waals surface area (Å²) in [6.45, 7) is 0.157. The number of hydrogen-bond acceptors (Lipinski definition) is 3. The van der Waals surface area contributed by atoms with Crippen molar-refractivity contribution in [3.05, 3.63) is 89.7 Å². The van der Waals surface area contributed by atoms with Crippen molar-refractivity contribution < 1.29 is 14.3 Å². The monoisotopic (exact) mass is 334 g/mol. The number of amides is 1. The fraction of sp³-hybridized carbons (Fsp3) is 0.100. The quantitative estimate of drug-likeness (QED) is 0.725. The summed E-state index contributed by atoms with van der Waals surface area (Å²) in [7, 11) is 1.79. The van der Waals surface area contributed by atoms with Gasteiger partial charge in [0, 0.05) is 24.5 Å². The Labute approximate surface area is 145 Å². The Morgan fingerprint density at radius 3 is 2.32 bits per heavy atom. The predicted molar refractivity (Wildman–Crippen MR) is 95.4 cm³/mol. The van der Waals surface area contributed by atoms with Crippen molar-refractivity contribution in [1.82, 2.24) is 4.57 Å². The van der Waals surface area contributed by atoms with E-state index in [4.69, 9.17) is 4.74 Å². The van der Waals surface area contributed by atoms with Gasteiger partial charge in [-0.25, -0.2) is 4.79 Å². The lowest BCUT2D eigenvalue weighted by atomic mass is 10.1. The van der Waals surface area contributed by atoms with Gasteiger partial charge in [0.1, 0.15) is 12.3 Å². The molecule has 0 fully saturated rings. The Hall–Kier alpha value is -3.34. The molecule has 2 aromatic carbocycles. The number of para-hydroxylation sites is 1. The molecule has 5 heteroatoms. The van der Waals surface area contributed by atoms with E-state index < -0.39 is 0 Å². The van der Waals surface area contributed by atoms with Crippen LogP contribution in [0.3, 0.4) is 0 Å². The number of rotatable bonds is 5. The number of carbonyl (C=O) groups excluding carboxylic acids is 2. The summed E-state index contributed by atoms with van der Waals surface area (Å²) in [5.74, 6) is -0.558. The second-order valence-corrected chi connectivity index (χ2v) is 5.60. The number of carbonyl (C=O) groups is 2. The molecule has 0 aliphatic carbocycles. The second-order valence-electron chi connectivity index (χ2n) is 5.60. The standard InChI is InChI=1S/C20H18N2O3/c1-22-13-5-8-18(22)20(24)25-14-15-9-11-16(12-10-15)19(23)21-17-6-3-2-4-7-17/h2-13H,14H2,1H3,(H,21,23). The maximum Gasteiger partial charge on any atom is 0.355 e. The van der Waals surface area contributed by atoms with Crippen LogP contribution in [0.2, 0.25) is 0 Å². The minimum atomic E-state index is -0.376. The molecule has 1 N–H and O–H groups in total. The summed E-state index contributed by atoms with van der Waals surface area (Å²) < 4.78 is 7.00. The van der Waals surface area contributed by atoms with E-state index in [1.54, 1.807) is 54.2 Å². The van der Waals surface area contributed by atoms with Crippen LogP contribution in [0.1, 0.15) is 26.4 Å². The van der Waals surface area contributed by atoms with Gasteiger partial charge in [0.15, 0.2) is 0 Å². The van der Waals surface area contributed by atoms with Crippen LogP contribution in [0.15, 0.2) is 72.9 Å². The average molecular weight is 334 g/mol. The van der Waals surface area contributed by atoms with Crippen molar-refractivity contribution in [2.75, 3.05) is 5.32 Å². The maximum atomic E-state index is 12.2. The van der Waals surface area contributed by atoms with E-state index in [9.17, 15) is 9.59 Å². The highest BCUT2D eigenvalue weighted by Crippen LogP contribution is 2.11. The van der Waals surface area contributed by atoms with Crippen LogP contribution in [0, 0.1) is 0 Å². The Morgan fingerprint density at radius 2 is 1.68 bits per heavy atom. The van der Waals surface area contributed by atoms with Gasteiger partial charge in [-0.1, -0.05) is 30.3 Å².